The van der Waals surface area contributed by atoms with Crippen molar-refractivity contribution in [3.8, 4) is 11.6 Å². The largest absolute Gasteiger partial charge is 0.436 e. The van der Waals surface area contributed by atoms with Crippen LogP contribution in [0.25, 0.3) is 0 Å². The number of aromatic nitrogens is 1. The molecule has 182 valence electrons. The van der Waals surface area contributed by atoms with E-state index in [0.29, 0.717) is 27.9 Å². The van der Waals surface area contributed by atoms with Gasteiger partial charge in [0.15, 0.2) is 17.3 Å². The van der Waals surface area contributed by atoms with Crippen LogP contribution in [0.1, 0.15) is 29.2 Å². The van der Waals surface area contributed by atoms with E-state index in [4.69, 9.17) is 16.3 Å². The highest BCUT2D eigenvalue weighted by Crippen LogP contribution is 2.48. The summed E-state index contributed by atoms with van der Waals surface area (Å²) in [6.07, 6.45) is -0.129. The van der Waals surface area contributed by atoms with Crippen molar-refractivity contribution in [3.05, 3.63) is 111 Å². The van der Waals surface area contributed by atoms with Gasteiger partial charge < -0.3 is 4.74 Å². The number of halogens is 3. The number of amides is 1. The van der Waals surface area contributed by atoms with Gasteiger partial charge in [0, 0.05) is 23.6 Å². The van der Waals surface area contributed by atoms with Crippen molar-refractivity contribution in [2.24, 2.45) is 0 Å². The SMILES string of the molecule is O=C1CC(c2ccsc2)(c2cccc(Oc3ccc(F)cc3F)n2)N(S)C(=O)C1c1ccccc1Cl. The number of hydrogen-bond acceptors (Lipinski definition) is 6. The van der Waals surface area contributed by atoms with Crippen molar-refractivity contribution >= 4 is 47.4 Å². The Labute approximate surface area is 219 Å². The normalized spacial score (nSPS) is 20.0. The van der Waals surface area contributed by atoms with Gasteiger partial charge in [0.25, 0.3) is 0 Å². The van der Waals surface area contributed by atoms with Crippen LogP contribution >= 0.6 is 35.8 Å². The molecule has 5 nitrogen and oxygen atoms in total. The average molecular weight is 543 g/mol. The highest BCUT2D eigenvalue weighted by Gasteiger charge is 2.53. The van der Waals surface area contributed by atoms with Gasteiger partial charge in [0.2, 0.25) is 11.8 Å². The summed E-state index contributed by atoms with van der Waals surface area (Å²) in [5.41, 5.74) is -0.00551. The molecule has 36 heavy (non-hydrogen) atoms. The van der Waals surface area contributed by atoms with Crippen LogP contribution < -0.4 is 4.74 Å². The predicted molar refractivity (Wildman–Crippen MR) is 135 cm³/mol. The molecule has 2 atom stereocenters. The number of carbonyl (C=O) groups excluding carboxylic acids is 2. The van der Waals surface area contributed by atoms with E-state index < -0.39 is 29.0 Å². The van der Waals surface area contributed by atoms with E-state index in [1.807, 2.05) is 10.8 Å². The second-order valence-electron chi connectivity index (χ2n) is 8.16. The summed E-state index contributed by atoms with van der Waals surface area (Å²) < 4.78 is 34.3. The number of nitrogens with zero attached hydrogens (tertiary/aromatic N) is 2. The highest BCUT2D eigenvalue weighted by molar-refractivity contribution is 7.78. The lowest BCUT2D eigenvalue weighted by Crippen LogP contribution is -2.54. The van der Waals surface area contributed by atoms with Crippen LogP contribution in [0, 0.1) is 11.6 Å². The summed E-state index contributed by atoms with van der Waals surface area (Å²) in [5, 5.41) is 3.94. The molecule has 2 aromatic carbocycles. The molecule has 2 unspecified atom stereocenters. The third kappa shape index (κ3) is 4.17. The molecule has 2 aromatic heterocycles. The summed E-state index contributed by atoms with van der Waals surface area (Å²) in [4.78, 5) is 31.7. The molecule has 4 aromatic rings. The minimum absolute atomic E-state index is 0.00229. The predicted octanol–water partition coefficient (Wildman–Crippen LogP) is 6.54. The summed E-state index contributed by atoms with van der Waals surface area (Å²) in [5.74, 6) is -3.86. The molecule has 3 heterocycles. The Morgan fingerprint density at radius 3 is 2.61 bits per heavy atom. The van der Waals surface area contributed by atoms with Crippen molar-refractivity contribution in [1.29, 1.82) is 0 Å². The number of rotatable bonds is 5. The van der Waals surface area contributed by atoms with Crippen LogP contribution in [-0.4, -0.2) is 21.0 Å². The molecule has 0 spiro atoms. The average Bonchev–Trinajstić information content (AvgIpc) is 3.40. The van der Waals surface area contributed by atoms with Crippen LogP contribution in [0.3, 0.4) is 0 Å². The van der Waals surface area contributed by atoms with Gasteiger partial charge in [-0.1, -0.05) is 48.7 Å². The second-order valence-corrected chi connectivity index (χ2v) is 9.75. The van der Waals surface area contributed by atoms with Crippen LogP contribution in [0.15, 0.2) is 77.5 Å². The van der Waals surface area contributed by atoms with Crippen molar-refractivity contribution in [1.82, 2.24) is 9.29 Å². The van der Waals surface area contributed by atoms with E-state index in [1.165, 1.54) is 21.7 Å². The number of pyridine rings is 1. The van der Waals surface area contributed by atoms with Crippen molar-refractivity contribution in [2.75, 3.05) is 0 Å². The summed E-state index contributed by atoms with van der Waals surface area (Å²) in [7, 11) is 0. The van der Waals surface area contributed by atoms with Crippen LogP contribution in [0.4, 0.5) is 8.78 Å². The fourth-order valence-electron chi connectivity index (χ4n) is 4.34. The summed E-state index contributed by atoms with van der Waals surface area (Å²) in [6.45, 7) is 0. The maximum atomic E-state index is 14.2. The quantitative estimate of drug-likeness (QED) is 0.230. The first kappa shape index (κ1) is 24.4. The van der Waals surface area contributed by atoms with Gasteiger partial charge >= 0.3 is 0 Å². The lowest BCUT2D eigenvalue weighted by atomic mass is 9.75. The van der Waals surface area contributed by atoms with E-state index in [9.17, 15) is 18.4 Å². The van der Waals surface area contributed by atoms with Gasteiger partial charge in [0.05, 0.1) is 5.69 Å². The Bertz CT molecular complexity index is 1470. The van der Waals surface area contributed by atoms with E-state index in [1.54, 1.807) is 42.5 Å². The molecule has 1 amide bonds. The zero-order valence-electron chi connectivity index (χ0n) is 18.4. The van der Waals surface area contributed by atoms with Gasteiger partial charge in [-0.3, -0.25) is 13.9 Å². The topological polar surface area (TPSA) is 59.5 Å². The maximum absolute atomic E-state index is 14.2. The van der Waals surface area contributed by atoms with Crippen molar-refractivity contribution in [2.45, 2.75) is 17.9 Å². The van der Waals surface area contributed by atoms with E-state index in [0.717, 1.165) is 12.1 Å². The molecule has 1 saturated heterocycles. The molecule has 1 fully saturated rings. The first-order chi connectivity index (χ1) is 17.3. The minimum Gasteiger partial charge on any atom is -0.436 e. The number of ketones is 1. The van der Waals surface area contributed by atoms with Gasteiger partial charge in [-0.15, -0.1) is 0 Å². The number of carbonyl (C=O) groups is 2. The van der Waals surface area contributed by atoms with Crippen LogP contribution in [0.5, 0.6) is 11.6 Å². The smallest absolute Gasteiger partial charge is 0.248 e. The fourth-order valence-corrected chi connectivity index (χ4v) is 5.71. The molecule has 0 radical (unpaired) electrons. The fraction of sp³-hybridized carbons (Fsp3) is 0.115. The molecular weight excluding hydrogens is 526 g/mol. The van der Waals surface area contributed by atoms with Gasteiger partial charge in [-0.05, 0) is 52.2 Å². The van der Waals surface area contributed by atoms with E-state index in [2.05, 4.69) is 17.8 Å². The van der Waals surface area contributed by atoms with E-state index >= 15 is 0 Å². The molecule has 1 aliphatic rings. The zero-order chi connectivity index (χ0) is 25.4. The maximum Gasteiger partial charge on any atom is 0.248 e. The Balaban J connectivity index is 1.59. The zero-order valence-corrected chi connectivity index (χ0v) is 20.9. The monoisotopic (exact) mass is 542 g/mol. The third-order valence-electron chi connectivity index (χ3n) is 6.04. The van der Waals surface area contributed by atoms with E-state index in [-0.39, 0.29) is 23.8 Å². The third-order valence-corrected chi connectivity index (χ3v) is 7.61. The minimum atomic E-state index is -1.35. The lowest BCUT2D eigenvalue weighted by Gasteiger charge is -2.45. The molecule has 0 saturated carbocycles. The van der Waals surface area contributed by atoms with Crippen LogP contribution in [0.2, 0.25) is 5.02 Å². The second kappa shape index (κ2) is 9.65. The number of hydrogen-bond donors (Lipinski definition) is 1. The van der Waals surface area contributed by atoms with Gasteiger partial charge in [-0.2, -0.15) is 11.3 Å². The molecule has 0 bridgehead atoms. The molecule has 1 aliphatic heterocycles. The first-order valence-electron chi connectivity index (χ1n) is 10.7. The number of piperidine rings is 1. The van der Waals surface area contributed by atoms with Gasteiger partial charge in [-0.25, -0.2) is 13.8 Å². The standard InChI is InChI=1S/C26H17ClF2N2O3S2/c27-18-5-2-1-4-17(18)24-20(32)13-26(31(35)25(24)33,15-10-11-36-14-15)22-6-3-7-23(30-22)34-21-9-8-16(28)12-19(21)29/h1-12,14,24,35H,13H2. The number of benzene rings is 2. The number of thiol groups is 1. The number of Topliss-reactive ketones (excluding diaryl/α,β-unsaturated/α-hetero) is 1. The summed E-state index contributed by atoms with van der Waals surface area (Å²) >= 11 is 12.3. The highest BCUT2D eigenvalue weighted by atomic mass is 35.5. The summed E-state index contributed by atoms with van der Waals surface area (Å²) in [6, 6.07) is 16.2. The Hall–Kier alpha value is -3.27. The van der Waals surface area contributed by atoms with Crippen molar-refractivity contribution < 1.29 is 23.1 Å². The van der Waals surface area contributed by atoms with Gasteiger partial charge in [0.1, 0.15) is 17.3 Å². The van der Waals surface area contributed by atoms with Crippen molar-refractivity contribution in [3.63, 3.8) is 0 Å². The Morgan fingerprint density at radius 1 is 1.08 bits per heavy atom. The lowest BCUT2D eigenvalue weighted by molar-refractivity contribution is -0.142. The molecule has 0 aliphatic carbocycles. The first-order valence-corrected chi connectivity index (χ1v) is 12.5. The number of ether oxygens (including phenoxy) is 1. The molecular formula is C26H17ClF2N2O3S2. The molecule has 10 heteroatoms. The Morgan fingerprint density at radius 2 is 1.89 bits per heavy atom. The van der Waals surface area contributed by atoms with Crippen LogP contribution in [-0.2, 0) is 15.1 Å². The Kier molecular flexibility index (Phi) is 6.55. The number of thiophene rings is 1. The molecule has 5 rings (SSSR count). The molecule has 0 N–H and O–H groups in total.